The van der Waals surface area contributed by atoms with Crippen LogP contribution >= 0.6 is 0 Å². The highest BCUT2D eigenvalue weighted by Gasteiger charge is 1.65. The van der Waals surface area contributed by atoms with Crippen LogP contribution in [-0.4, -0.2) is 17.4 Å². The molecule has 0 aliphatic heterocycles. The van der Waals surface area contributed by atoms with Crippen molar-refractivity contribution in [1.29, 1.82) is 4.78 Å². The molecule has 0 aromatic rings. The maximum absolute atomic E-state index is 10.0. The van der Waals surface area contributed by atoms with Gasteiger partial charge in [0.1, 0.15) is 0 Å². The summed E-state index contributed by atoms with van der Waals surface area (Å²) in [5.41, 5.74) is 0. The summed E-state index contributed by atoms with van der Waals surface area (Å²) in [6, 6.07) is 0. The second kappa shape index (κ2) is 4.54. The molecule has 1 N–H and O–H groups in total. The first-order chi connectivity index (χ1) is 1.73. The van der Waals surface area contributed by atoms with Crippen molar-refractivity contribution in [3.63, 3.8) is 0 Å². The van der Waals surface area contributed by atoms with E-state index in [9.17, 15) is 7.77 Å². The Hall–Kier alpha value is 0.542. The Bertz CT molecular complexity index is 32.6. The van der Waals surface area contributed by atoms with Gasteiger partial charge in [-0.15, -0.1) is 7.77 Å². The first-order valence-electron chi connectivity index (χ1n) is 0.513. The average molecular weight is 112 g/mol. The van der Waals surface area contributed by atoms with Crippen molar-refractivity contribution in [3.05, 3.63) is 0 Å². The molecule has 0 heterocycles. The Morgan fingerprint density at radius 3 is 1.40 bits per heavy atom. The Balaban J connectivity index is 0. The van der Waals surface area contributed by atoms with Crippen LogP contribution in [0.25, 0.3) is 0 Å². The van der Waals surface area contributed by atoms with E-state index >= 15 is 0 Å². The van der Waals surface area contributed by atoms with Gasteiger partial charge in [-0.1, -0.05) is 0 Å². The van der Waals surface area contributed by atoms with E-state index in [2.05, 4.69) is 0 Å². The molecular formula is HAlF2NS. The monoisotopic (exact) mass is 112 g/mol. The van der Waals surface area contributed by atoms with Crippen LogP contribution in [0.4, 0.5) is 7.77 Å². The topological polar surface area (TPSA) is 23.9 Å². The molecule has 0 unspecified atom stereocenters. The third-order valence-corrected chi connectivity index (χ3v) is 0. The molecule has 5 heavy (non-hydrogen) atoms. The van der Waals surface area contributed by atoms with E-state index in [0.717, 1.165) is 0 Å². The highest BCUT2D eigenvalue weighted by atomic mass is 32.2. The van der Waals surface area contributed by atoms with Crippen LogP contribution in [-0.2, 0) is 11.5 Å². The lowest BCUT2D eigenvalue weighted by Crippen LogP contribution is -1.42. The molecule has 0 spiro atoms. The van der Waals surface area contributed by atoms with Crippen LogP contribution in [0.3, 0.4) is 0 Å². The van der Waals surface area contributed by atoms with Crippen LogP contribution in [0.1, 0.15) is 0 Å². The fourth-order valence-corrected chi connectivity index (χ4v) is 0. The van der Waals surface area contributed by atoms with Gasteiger partial charge < -0.3 is 0 Å². The summed E-state index contributed by atoms with van der Waals surface area (Å²) in [5, 5.41) is 0. The normalized spacial score (nSPS) is 7.00. The van der Waals surface area contributed by atoms with Gasteiger partial charge in [0.05, 0.1) is 0 Å². The van der Waals surface area contributed by atoms with Gasteiger partial charge in [-0.25, -0.2) is 4.78 Å². The molecule has 0 saturated heterocycles. The fourth-order valence-electron chi connectivity index (χ4n) is 0. The zero-order valence-electron chi connectivity index (χ0n) is 2.24. The van der Waals surface area contributed by atoms with E-state index < -0.39 is 11.5 Å². The van der Waals surface area contributed by atoms with Crippen molar-refractivity contribution in [1.82, 2.24) is 0 Å². The van der Waals surface area contributed by atoms with E-state index in [0.29, 0.717) is 0 Å². The highest BCUT2D eigenvalue weighted by molar-refractivity contribution is 7.75. The summed E-state index contributed by atoms with van der Waals surface area (Å²) in [5.74, 6) is 0. The SMILES string of the molecule is N=S(F)F.[Al]. The van der Waals surface area contributed by atoms with Crippen LogP contribution in [0.2, 0.25) is 0 Å². The van der Waals surface area contributed by atoms with Gasteiger partial charge in [0, 0.05) is 17.4 Å². The second-order valence-corrected chi connectivity index (χ2v) is 0.638. The first kappa shape index (κ1) is 9.11. The van der Waals surface area contributed by atoms with Crippen LogP contribution in [0.5, 0.6) is 0 Å². The zero-order valence-corrected chi connectivity index (χ0v) is 4.21. The minimum atomic E-state index is -3.11. The van der Waals surface area contributed by atoms with Crippen molar-refractivity contribution >= 4 is 28.8 Å². The second-order valence-electron chi connectivity index (χ2n) is 0.213. The number of nitrogens with one attached hydrogen (secondary N) is 1. The maximum atomic E-state index is 10.0. The summed E-state index contributed by atoms with van der Waals surface area (Å²) in [4.78, 5) is 0. The predicted molar refractivity (Wildman–Crippen MR) is 18.1 cm³/mol. The molecule has 29 valence electrons. The molecule has 0 amide bonds. The van der Waals surface area contributed by atoms with E-state index in [4.69, 9.17) is 4.78 Å². The summed E-state index contributed by atoms with van der Waals surface area (Å²) in [6.07, 6.45) is 0. The van der Waals surface area contributed by atoms with Crippen molar-refractivity contribution in [2.45, 2.75) is 0 Å². The Morgan fingerprint density at radius 1 is 1.40 bits per heavy atom. The van der Waals surface area contributed by atoms with Crippen molar-refractivity contribution in [3.8, 4) is 0 Å². The smallest absolute Gasteiger partial charge is 0.222 e. The molecule has 0 bridgehead atoms. The van der Waals surface area contributed by atoms with Crippen molar-refractivity contribution in [2.75, 3.05) is 0 Å². The molecule has 0 rings (SSSR count). The lowest BCUT2D eigenvalue weighted by molar-refractivity contribution is 0.780. The van der Waals surface area contributed by atoms with Gasteiger partial charge in [0.25, 0.3) is 11.5 Å². The van der Waals surface area contributed by atoms with E-state index in [1.54, 1.807) is 0 Å². The molecule has 3 radical (unpaired) electrons. The van der Waals surface area contributed by atoms with Gasteiger partial charge in [0.2, 0.25) is 0 Å². The minimum Gasteiger partial charge on any atom is -0.222 e. The van der Waals surface area contributed by atoms with E-state index in [1.807, 2.05) is 0 Å². The number of rotatable bonds is 0. The molecule has 0 aliphatic carbocycles. The number of halogens is 2. The van der Waals surface area contributed by atoms with Gasteiger partial charge in [0.15, 0.2) is 0 Å². The minimum absolute atomic E-state index is 0. The average Bonchev–Trinajstić information content (AvgIpc) is 0.811. The zero-order chi connectivity index (χ0) is 3.58. The largest absolute Gasteiger partial charge is 0.258 e. The molecule has 0 atom stereocenters. The van der Waals surface area contributed by atoms with Gasteiger partial charge >= 0.3 is 0 Å². The maximum Gasteiger partial charge on any atom is 0.258 e. The number of hydrogen-bond donors (Lipinski definition) is 1. The standard InChI is InChI=1S/Al.F2HNS/c;1-4(2)3/h;3H. The van der Waals surface area contributed by atoms with Crippen molar-refractivity contribution in [2.24, 2.45) is 0 Å². The van der Waals surface area contributed by atoms with Crippen LogP contribution in [0.15, 0.2) is 0 Å². The highest BCUT2D eigenvalue weighted by Crippen LogP contribution is 1.77. The summed E-state index contributed by atoms with van der Waals surface area (Å²) in [6.45, 7) is 0. The predicted octanol–water partition coefficient (Wildman–Crippen LogP) is 0.755. The van der Waals surface area contributed by atoms with Crippen LogP contribution in [0, 0.1) is 4.78 Å². The lowest BCUT2D eigenvalue weighted by atomic mass is 14.0. The molecule has 1 nitrogen and oxygen atoms in total. The van der Waals surface area contributed by atoms with Gasteiger partial charge in [-0.05, 0) is 0 Å². The third kappa shape index (κ3) is 99.8. The number of hydrogen-bond acceptors (Lipinski definition) is 1. The molecule has 0 aromatic heterocycles. The molecule has 0 aromatic carbocycles. The first-order valence-corrected chi connectivity index (χ1v) is 1.54. The van der Waals surface area contributed by atoms with E-state index in [1.165, 1.54) is 0 Å². The molecule has 0 fully saturated rings. The summed E-state index contributed by atoms with van der Waals surface area (Å²) in [7, 11) is 0. The quantitative estimate of drug-likeness (QED) is 0.447. The van der Waals surface area contributed by atoms with Gasteiger partial charge in [-0.2, -0.15) is 0 Å². The molecular weight excluding hydrogens is 111 g/mol. The lowest BCUT2D eigenvalue weighted by Gasteiger charge is -1.53. The summed E-state index contributed by atoms with van der Waals surface area (Å²) >= 11 is -3.11. The van der Waals surface area contributed by atoms with Crippen LogP contribution < -0.4 is 0 Å². The van der Waals surface area contributed by atoms with Crippen molar-refractivity contribution < 1.29 is 7.77 Å². The van der Waals surface area contributed by atoms with E-state index in [-0.39, 0.29) is 17.4 Å². The summed E-state index contributed by atoms with van der Waals surface area (Å²) < 4.78 is 25.3. The Morgan fingerprint density at radius 2 is 1.40 bits per heavy atom. The Kier molecular flexibility index (Phi) is 8.28. The van der Waals surface area contributed by atoms with Gasteiger partial charge in [-0.3, -0.25) is 0 Å². The Labute approximate surface area is 42.0 Å². The molecule has 5 heteroatoms. The molecule has 0 aliphatic rings. The third-order valence-electron chi connectivity index (χ3n) is 0. The fraction of sp³-hybridized carbons (Fsp3) is 0. The molecule has 0 saturated carbocycles.